The summed E-state index contributed by atoms with van der Waals surface area (Å²) in [7, 11) is 1.42. The summed E-state index contributed by atoms with van der Waals surface area (Å²) in [4.78, 5) is 37.5. The highest BCUT2D eigenvalue weighted by Gasteiger charge is 2.49. The normalized spacial score (nSPS) is 18.1. The van der Waals surface area contributed by atoms with Gasteiger partial charge in [-0.15, -0.1) is 0 Å². The Kier molecular flexibility index (Phi) is 6.61. The van der Waals surface area contributed by atoms with Gasteiger partial charge in [-0.2, -0.15) is 0 Å². The maximum atomic E-state index is 13.0. The summed E-state index contributed by atoms with van der Waals surface area (Å²) >= 11 is 0. The van der Waals surface area contributed by atoms with Crippen LogP contribution in [0.25, 0.3) is 11.1 Å². The number of carbonyl (C=O) groups excluding carboxylic acids is 2. The van der Waals surface area contributed by atoms with Crippen molar-refractivity contribution in [3.63, 3.8) is 0 Å². The number of alkyl carbamates (subject to hydrolysis) is 1. The largest absolute Gasteiger partial charge is 0.480 e. The maximum Gasteiger partial charge on any atom is 0.407 e. The molecule has 3 N–H and O–H groups in total. The highest BCUT2D eigenvalue weighted by atomic mass is 16.5. The van der Waals surface area contributed by atoms with Gasteiger partial charge < -0.3 is 25.2 Å². The molecule has 2 aliphatic rings. The van der Waals surface area contributed by atoms with Gasteiger partial charge in [0.15, 0.2) is 0 Å². The number of ether oxygens (including phenoxy) is 2. The molecule has 0 saturated heterocycles. The van der Waals surface area contributed by atoms with Crippen LogP contribution < -0.4 is 10.6 Å². The van der Waals surface area contributed by atoms with Crippen molar-refractivity contribution in [2.75, 3.05) is 13.7 Å². The van der Waals surface area contributed by atoms with Crippen molar-refractivity contribution in [1.82, 2.24) is 10.6 Å². The molecule has 2 aromatic carbocycles. The van der Waals surface area contributed by atoms with Crippen molar-refractivity contribution in [2.45, 2.75) is 50.3 Å². The fraction of sp³-hybridized carbons (Fsp3) is 0.423. The molecular weight excluding hydrogens is 436 g/mol. The van der Waals surface area contributed by atoms with Crippen LogP contribution in [0, 0.1) is 5.92 Å². The van der Waals surface area contributed by atoms with Crippen LogP contribution in [0.3, 0.4) is 0 Å². The van der Waals surface area contributed by atoms with Gasteiger partial charge in [-0.25, -0.2) is 9.59 Å². The molecule has 180 valence electrons. The Labute approximate surface area is 198 Å². The molecule has 2 amide bonds. The Morgan fingerprint density at radius 2 is 1.62 bits per heavy atom. The molecule has 0 heterocycles. The first kappa shape index (κ1) is 23.8. The predicted octanol–water partition coefficient (Wildman–Crippen LogP) is 3.30. The number of carbonyl (C=O) groups is 3. The van der Waals surface area contributed by atoms with Crippen LogP contribution in [0.4, 0.5) is 4.79 Å². The first-order valence-electron chi connectivity index (χ1n) is 11.5. The van der Waals surface area contributed by atoms with Crippen molar-refractivity contribution in [2.24, 2.45) is 5.92 Å². The number of hydrogen-bond donors (Lipinski definition) is 3. The highest BCUT2D eigenvalue weighted by molar-refractivity contribution is 5.92. The number of rotatable bonds is 9. The van der Waals surface area contributed by atoms with Crippen LogP contribution in [-0.4, -0.2) is 54.5 Å². The number of benzene rings is 2. The van der Waals surface area contributed by atoms with Gasteiger partial charge in [0, 0.05) is 13.0 Å². The molecule has 8 heteroatoms. The molecule has 1 unspecified atom stereocenters. The number of hydrogen-bond acceptors (Lipinski definition) is 5. The zero-order valence-corrected chi connectivity index (χ0v) is 19.5. The summed E-state index contributed by atoms with van der Waals surface area (Å²) in [6, 6.07) is 14.9. The zero-order valence-electron chi connectivity index (χ0n) is 19.5. The third-order valence-corrected chi connectivity index (χ3v) is 6.96. The number of nitrogens with one attached hydrogen (secondary N) is 2. The molecule has 8 nitrogen and oxygen atoms in total. The lowest BCUT2D eigenvalue weighted by Gasteiger charge is -2.30. The molecule has 4 rings (SSSR count). The minimum atomic E-state index is -1.40. The van der Waals surface area contributed by atoms with E-state index < -0.39 is 35.7 Å². The Balaban J connectivity index is 1.44. The van der Waals surface area contributed by atoms with E-state index in [-0.39, 0.29) is 18.4 Å². The Hall–Kier alpha value is -3.39. The SMILES string of the molecule is CO[C@H](C)[C@H](NC(=O)OCC1c2ccccc2-c2ccccc21)C(=O)NC(C)(C(=O)O)C1CC1. The van der Waals surface area contributed by atoms with Crippen LogP contribution >= 0.6 is 0 Å². The summed E-state index contributed by atoms with van der Waals surface area (Å²) < 4.78 is 10.8. The monoisotopic (exact) mass is 466 g/mol. The second-order valence-electron chi connectivity index (χ2n) is 9.16. The number of methoxy groups -OCH3 is 1. The fourth-order valence-corrected chi connectivity index (χ4v) is 4.62. The van der Waals surface area contributed by atoms with Gasteiger partial charge in [0.2, 0.25) is 5.91 Å². The molecule has 0 bridgehead atoms. The van der Waals surface area contributed by atoms with E-state index in [0.717, 1.165) is 35.1 Å². The van der Waals surface area contributed by atoms with Crippen molar-refractivity contribution < 1.29 is 29.0 Å². The topological polar surface area (TPSA) is 114 Å². The van der Waals surface area contributed by atoms with Gasteiger partial charge >= 0.3 is 12.1 Å². The molecule has 3 atom stereocenters. The second-order valence-corrected chi connectivity index (χ2v) is 9.16. The molecule has 0 aromatic heterocycles. The molecule has 2 aliphatic carbocycles. The maximum absolute atomic E-state index is 13.0. The first-order valence-corrected chi connectivity index (χ1v) is 11.5. The summed E-state index contributed by atoms with van der Waals surface area (Å²) in [6.45, 7) is 3.22. The summed E-state index contributed by atoms with van der Waals surface area (Å²) in [5, 5.41) is 14.8. The van der Waals surface area contributed by atoms with E-state index in [1.807, 2.05) is 48.5 Å². The fourth-order valence-electron chi connectivity index (χ4n) is 4.62. The number of aliphatic carboxylic acids is 1. The Morgan fingerprint density at radius 1 is 1.06 bits per heavy atom. The van der Waals surface area contributed by atoms with Crippen molar-refractivity contribution >= 4 is 18.0 Å². The first-order chi connectivity index (χ1) is 16.3. The van der Waals surface area contributed by atoms with E-state index >= 15 is 0 Å². The predicted molar refractivity (Wildman–Crippen MR) is 125 cm³/mol. The highest BCUT2D eigenvalue weighted by Crippen LogP contribution is 2.44. The van der Waals surface area contributed by atoms with E-state index in [1.165, 1.54) is 14.0 Å². The van der Waals surface area contributed by atoms with Crippen LogP contribution in [0.15, 0.2) is 48.5 Å². The Bertz CT molecular complexity index is 1050. The number of amides is 2. The molecule has 2 aromatic rings. The molecule has 0 spiro atoms. The van der Waals surface area contributed by atoms with Crippen LogP contribution in [-0.2, 0) is 19.1 Å². The lowest BCUT2D eigenvalue weighted by Crippen LogP contribution is -2.61. The lowest BCUT2D eigenvalue weighted by molar-refractivity contribution is -0.148. The quantitative estimate of drug-likeness (QED) is 0.523. The van der Waals surface area contributed by atoms with Gasteiger partial charge in [0.25, 0.3) is 0 Å². The third-order valence-electron chi connectivity index (χ3n) is 6.96. The number of fused-ring (bicyclic) bond motifs is 3. The summed E-state index contributed by atoms with van der Waals surface area (Å²) in [5.41, 5.74) is 3.00. The van der Waals surface area contributed by atoms with Crippen LogP contribution in [0.5, 0.6) is 0 Å². The minimum absolute atomic E-state index is 0.102. The second kappa shape index (κ2) is 9.46. The molecular formula is C26H30N2O6. The van der Waals surface area contributed by atoms with E-state index in [2.05, 4.69) is 10.6 Å². The van der Waals surface area contributed by atoms with E-state index in [9.17, 15) is 19.5 Å². The van der Waals surface area contributed by atoms with Gasteiger partial charge in [-0.05, 0) is 54.9 Å². The van der Waals surface area contributed by atoms with Gasteiger partial charge in [0.1, 0.15) is 18.2 Å². The van der Waals surface area contributed by atoms with Gasteiger partial charge in [-0.3, -0.25) is 4.79 Å². The van der Waals surface area contributed by atoms with Crippen molar-refractivity contribution in [1.29, 1.82) is 0 Å². The average Bonchev–Trinajstić information content (AvgIpc) is 3.64. The van der Waals surface area contributed by atoms with Crippen molar-refractivity contribution in [3.8, 4) is 11.1 Å². The minimum Gasteiger partial charge on any atom is -0.480 e. The third kappa shape index (κ3) is 4.50. The van der Waals surface area contributed by atoms with E-state index in [0.29, 0.717) is 0 Å². The number of carboxylic acid groups (broad SMARTS) is 1. The van der Waals surface area contributed by atoms with Gasteiger partial charge in [-0.1, -0.05) is 48.5 Å². The average molecular weight is 467 g/mol. The Morgan fingerprint density at radius 3 is 2.12 bits per heavy atom. The summed E-state index contributed by atoms with van der Waals surface area (Å²) in [6.07, 6.45) is -0.00656. The van der Waals surface area contributed by atoms with Gasteiger partial charge in [0.05, 0.1) is 6.10 Å². The van der Waals surface area contributed by atoms with E-state index in [4.69, 9.17) is 9.47 Å². The smallest absolute Gasteiger partial charge is 0.407 e. The zero-order chi connectivity index (χ0) is 24.5. The molecule has 34 heavy (non-hydrogen) atoms. The lowest BCUT2D eigenvalue weighted by atomic mass is 9.95. The number of carboxylic acids is 1. The molecule has 0 radical (unpaired) electrons. The molecule has 1 saturated carbocycles. The molecule has 1 fully saturated rings. The van der Waals surface area contributed by atoms with Crippen molar-refractivity contribution in [3.05, 3.63) is 59.7 Å². The standard InChI is InChI=1S/C26H30N2O6/c1-15(33-3)22(23(29)28-26(2,24(30)31)16-12-13-16)27-25(32)34-14-21-19-10-6-4-8-17(19)18-9-5-7-11-20(18)21/h4-11,15-16,21-22H,12-14H2,1-3H3,(H,27,32)(H,28,29)(H,30,31)/t15-,22+,26?/m1/s1. The van der Waals surface area contributed by atoms with E-state index in [1.54, 1.807) is 6.92 Å². The summed E-state index contributed by atoms with van der Waals surface area (Å²) in [5.74, 6) is -1.98. The molecule has 0 aliphatic heterocycles. The van der Waals surface area contributed by atoms with Crippen LogP contribution in [0.1, 0.15) is 43.7 Å². The van der Waals surface area contributed by atoms with Crippen LogP contribution in [0.2, 0.25) is 0 Å².